The molecule has 0 saturated heterocycles. The van der Waals surface area contributed by atoms with E-state index in [1.54, 1.807) is 12.1 Å². The Kier molecular flexibility index (Phi) is 3.51. The normalized spacial score (nSPS) is 9.95. The van der Waals surface area contributed by atoms with Gasteiger partial charge in [0.05, 0.1) is 5.56 Å². The van der Waals surface area contributed by atoms with Crippen LogP contribution >= 0.6 is 0 Å². The Morgan fingerprint density at radius 1 is 1.21 bits per heavy atom. The van der Waals surface area contributed by atoms with E-state index in [-0.39, 0.29) is 11.6 Å². The largest absolute Gasteiger partial charge is 0.364 e. The first-order valence-electron chi connectivity index (χ1n) is 5.57. The van der Waals surface area contributed by atoms with Gasteiger partial charge in [-0.25, -0.2) is 4.98 Å². The zero-order valence-electron chi connectivity index (χ0n) is 10.3. The van der Waals surface area contributed by atoms with E-state index in [9.17, 15) is 9.59 Å². The van der Waals surface area contributed by atoms with E-state index in [1.165, 1.54) is 18.3 Å². The topological polar surface area (TPSA) is 98.0 Å². The number of pyridine rings is 2. The third kappa shape index (κ3) is 3.12. The molecule has 19 heavy (non-hydrogen) atoms. The summed E-state index contributed by atoms with van der Waals surface area (Å²) < 4.78 is 0. The van der Waals surface area contributed by atoms with Gasteiger partial charge in [0.15, 0.2) is 0 Å². The molecule has 2 aromatic rings. The van der Waals surface area contributed by atoms with Crippen LogP contribution in [-0.4, -0.2) is 21.8 Å². The Bertz CT molecular complexity index is 623. The maximum Gasteiger partial charge on any atom is 0.267 e. The van der Waals surface area contributed by atoms with E-state index in [4.69, 9.17) is 5.73 Å². The van der Waals surface area contributed by atoms with E-state index < -0.39 is 5.91 Å². The molecule has 6 nitrogen and oxygen atoms in total. The summed E-state index contributed by atoms with van der Waals surface area (Å²) in [6.45, 7) is 1.83. The molecule has 0 radical (unpaired) electrons. The predicted molar refractivity (Wildman–Crippen MR) is 69.7 cm³/mol. The second kappa shape index (κ2) is 5.26. The number of nitrogens with one attached hydrogen (secondary N) is 1. The van der Waals surface area contributed by atoms with Crippen LogP contribution in [0.4, 0.5) is 5.82 Å². The van der Waals surface area contributed by atoms with E-state index in [0.29, 0.717) is 11.4 Å². The number of rotatable bonds is 3. The molecule has 0 bridgehead atoms. The van der Waals surface area contributed by atoms with Crippen LogP contribution in [0.2, 0.25) is 0 Å². The SMILES string of the molecule is Cc1cccc(NC(=O)c2ccc(C(N)=O)nc2)n1. The number of carbonyl (C=O) groups is 2. The summed E-state index contributed by atoms with van der Waals surface area (Å²) in [6.07, 6.45) is 1.30. The van der Waals surface area contributed by atoms with Gasteiger partial charge in [-0.15, -0.1) is 0 Å². The summed E-state index contributed by atoms with van der Waals surface area (Å²) >= 11 is 0. The van der Waals surface area contributed by atoms with Crippen molar-refractivity contribution in [3.05, 3.63) is 53.5 Å². The number of hydrogen-bond donors (Lipinski definition) is 2. The Morgan fingerprint density at radius 2 is 2.00 bits per heavy atom. The number of amides is 2. The minimum atomic E-state index is -0.632. The van der Waals surface area contributed by atoms with E-state index in [2.05, 4.69) is 15.3 Å². The highest BCUT2D eigenvalue weighted by Crippen LogP contribution is 2.07. The number of nitrogens with zero attached hydrogens (tertiary/aromatic N) is 2. The standard InChI is InChI=1S/C13H12N4O2/c1-8-3-2-4-11(16-8)17-13(19)9-5-6-10(12(14)18)15-7-9/h2-7H,1H3,(H2,14,18)(H,16,17,19). The van der Waals surface area contributed by atoms with Gasteiger partial charge in [0.2, 0.25) is 0 Å². The molecule has 0 saturated carbocycles. The van der Waals surface area contributed by atoms with Crippen LogP contribution < -0.4 is 11.1 Å². The molecule has 0 aliphatic carbocycles. The van der Waals surface area contributed by atoms with Crippen molar-refractivity contribution in [1.29, 1.82) is 0 Å². The van der Waals surface area contributed by atoms with Gasteiger partial charge in [0.1, 0.15) is 11.5 Å². The molecule has 2 rings (SSSR count). The van der Waals surface area contributed by atoms with Gasteiger partial charge >= 0.3 is 0 Å². The van der Waals surface area contributed by atoms with Crippen molar-refractivity contribution < 1.29 is 9.59 Å². The first-order chi connectivity index (χ1) is 9.06. The van der Waals surface area contributed by atoms with Crippen LogP contribution in [0.15, 0.2) is 36.5 Å². The monoisotopic (exact) mass is 256 g/mol. The number of hydrogen-bond acceptors (Lipinski definition) is 4. The van der Waals surface area contributed by atoms with Crippen molar-refractivity contribution in [2.45, 2.75) is 6.92 Å². The summed E-state index contributed by atoms with van der Waals surface area (Å²) in [6, 6.07) is 8.21. The molecule has 0 aliphatic rings. The number of anilines is 1. The lowest BCUT2D eigenvalue weighted by atomic mass is 10.2. The second-order valence-corrected chi connectivity index (χ2v) is 3.91. The number of aryl methyl sites for hydroxylation is 1. The molecule has 0 unspecified atom stereocenters. The molecule has 0 spiro atoms. The molecule has 0 atom stereocenters. The lowest BCUT2D eigenvalue weighted by molar-refractivity contribution is 0.0990. The van der Waals surface area contributed by atoms with Crippen LogP contribution in [0.5, 0.6) is 0 Å². The van der Waals surface area contributed by atoms with Gasteiger partial charge in [-0.1, -0.05) is 6.07 Å². The second-order valence-electron chi connectivity index (χ2n) is 3.91. The quantitative estimate of drug-likeness (QED) is 0.860. The molecule has 96 valence electrons. The molecule has 0 aromatic carbocycles. The minimum absolute atomic E-state index is 0.116. The molecule has 2 amide bonds. The van der Waals surface area contributed by atoms with Crippen molar-refractivity contribution in [1.82, 2.24) is 9.97 Å². The fourth-order valence-corrected chi connectivity index (χ4v) is 1.48. The van der Waals surface area contributed by atoms with Gasteiger partial charge in [0, 0.05) is 11.9 Å². The van der Waals surface area contributed by atoms with Crippen LogP contribution in [0.3, 0.4) is 0 Å². The average molecular weight is 256 g/mol. The van der Waals surface area contributed by atoms with Crippen molar-refractivity contribution in [2.24, 2.45) is 5.73 Å². The molecule has 2 aromatic heterocycles. The maximum atomic E-state index is 11.9. The Labute approximate surface area is 109 Å². The van der Waals surface area contributed by atoms with Crippen LogP contribution in [0.1, 0.15) is 26.5 Å². The lowest BCUT2D eigenvalue weighted by Gasteiger charge is -2.05. The van der Waals surface area contributed by atoms with Crippen LogP contribution in [0, 0.1) is 6.92 Å². The maximum absolute atomic E-state index is 11.9. The van der Waals surface area contributed by atoms with Gasteiger partial charge in [0.25, 0.3) is 11.8 Å². The first-order valence-corrected chi connectivity index (χ1v) is 5.57. The Morgan fingerprint density at radius 3 is 2.58 bits per heavy atom. The molecule has 3 N–H and O–H groups in total. The zero-order chi connectivity index (χ0) is 13.8. The Balaban J connectivity index is 2.14. The fourth-order valence-electron chi connectivity index (χ4n) is 1.48. The van der Waals surface area contributed by atoms with Gasteiger partial charge in [-0.2, -0.15) is 0 Å². The minimum Gasteiger partial charge on any atom is -0.364 e. The molecule has 0 fully saturated rings. The third-order valence-corrected chi connectivity index (χ3v) is 2.41. The van der Waals surface area contributed by atoms with Crippen molar-refractivity contribution >= 4 is 17.6 Å². The Hall–Kier alpha value is -2.76. The highest BCUT2D eigenvalue weighted by Gasteiger charge is 2.09. The van der Waals surface area contributed by atoms with Gasteiger partial charge in [-0.3, -0.25) is 14.6 Å². The zero-order valence-corrected chi connectivity index (χ0v) is 10.3. The molecule has 0 aliphatic heterocycles. The lowest BCUT2D eigenvalue weighted by Crippen LogP contribution is -2.16. The highest BCUT2D eigenvalue weighted by atomic mass is 16.2. The summed E-state index contributed by atoms with van der Waals surface area (Å²) in [7, 11) is 0. The summed E-state index contributed by atoms with van der Waals surface area (Å²) in [5, 5.41) is 2.64. The first kappa shape index (κ1) is 12.7. The average Bonchev–Trinajstić information content (AvgIpc) is 2.39. The van der Waals surface area contributed by atoms with E-state index in [1.807, 2.05) is 13.0 Å². The molecule has 6 heteroatoms. The number of primary amides is 1. The molecular formula is C13H12N4O2. The van der Waals surface area contributed by atoms with Crippen molar-refractivity contribution in [3.63, 3.8) is 0 Å². The predicted octanol–water partition coefficient (Wildman–Crippen LogP) is 1.14. The third-order valence-electron chi connectivity index (χ3n) is 2.41. The summed E-state index contributed by atoms with van der Waals surface area (Å²) in [5.74, 6) is -0.516. The smallest absolute Gasteiger partial charge is 0.267 e. The van der Waals surface area contributed by atoms with E-state index >= 15 is 0 Å². The van der Waals surface area contributed by atoms with Gasteiger partial charge in [-0.05, 0) is 31.2 Å². The van der Waals surface area contributed by atoms with Crippen molar-refractivity contribution in [2.75, 3.05) is 5.32 Å². The van der Waals surface area contributed by atoms with E-state index in [0.717, 1.165) is 5.69 Å². The van der Waals surface area contributed by atoms with Crippen molar-refractivity contribution in [3.8, 4) is 0 Å². The summed E-state index contributed by atoms with van der Waals surface area (Å²) in [4.78, 5) is 30.7. The van der Waals surface area contributed by atoms with Crippen LogP contribution in [-0.2, 0) is 0 Å². The number of carbonyl (C=O) groups excluding carboxylic acids is 2. The van der Waals surface area contributed by atoms with Gasteiger partial charge < -0.3 is 11.1 Å². The molecular weight excluding hydrogens is 244 g/mol. The van der Waals surface area contributed by atoms with Crippen LogP contribution in [0.25, 0.3) is 0 Å². The summed E-state index contributed by atoms with van der Waals surface area (Å²) in [5.41, 5.74) is 6.32. The molecule has 2 heterocycles. The number of aromatic nitrogens is 2. The highest BCUT2D eigenvalue weighted by molar-refractivity contribution is 6.04. The number of nitrogens with two attached hydrogens (primary N) is 1. The fraction of sp³-hybridized carbons (Fsp3) is 0.0769.